The van der Waals surface area contributed by atoms with Gasteiger partial charge in [-0.25, -0.2) is 0 Å². The number of hydrogen-bond acceptors (Lipinski definition) is 3. The second-order valence-electron chi connectivity index (χ2n) is 9.02. The van der Waals surface area contributed by atoms with Crippen LogP contribution in [0.2, 0.25) is 0 Å². The van der Waals surface area contributed by atoms with Crippen molar-refractivity contribution in [1.82, 2.24) is 14.5 Å². The molecule has 0 spiro atoms. The van der Waals surface area contributed by atoms with Crippen molar-refractivity contribution in [3.05, 3.63) is 106 Å². The summed E-state index contributed by atoms with van der Waals surface area (Å²) >= 11 is 3.66. The Morgan fingerprint density at radius 2 is 1.43 bits per heavy atom. The van der Waals surface area contributed by atoms with E-state index in [0.717, 1.165) is 48.5 Å². The highest BCUT2D eigenvalue weighted by Crippen LogP contribution is 2.39. The van der Waals surface area contributed by atoms with Crippen LogP contribution in [0.4, 0.5) is 0 Å². The minimum atomic E-state index is -0.378. The fourth-order valence-electron chi connectivity index (χ4n) is 5.15. The third-order valence-corrected chi connectivity index (χ3v) is 7.62. The zero-order valence-electron chi connectivity index (χ0n) is 20.0. The molecule has 5 aromatic rings. The molecule has 186 valence electrons. The van der Waals surface area contributed by atoms with Gasteiger partial charge in [0.2, 0.25) is 0 Å². The number of nitrogens with two attached hydrogens (primary N) is 1. The number of imide groups is 1. The van der Waals surface area contributed by atoms with Crippen molar-refractivity contribution < 1.29 is 9.59 Å². The Hall–Kier alpha value is -3.65. The molecule has 8 heteroatoms. The van der Waals surface area contributed by atoms with Gasteiger partial charge in [0.15, 0.2) is 0 Å². The quantitative estimate of drug-likeness (QED) is 0.276. The van der Waals surface area contributed by atoms with Gasteiger partial charge in [-0.3, -0.25) is 14.9 Å². The van der Waals surface area contributed by atoms with Gasteiger partial charge in [-0.1, -0.05) is 64.5 Å². The summed E-state index contributed by atoms with van der Waals surface area (Å²) in [4.78, 5) is 26.4. The molecule has 0 unspecified atom stereocenters. The van der Waals surface area contributed by atoms with Crippen LogP contribution in [0.3, 0.4) is 0 Å². The standard InChI is InChI=1S/C29H23BrN4O2.ClH/c1-33-15-21(19-6-2-4-8-24(19)33)26-27(29(36)32-28(26)35)22-16-34(25-9-5-3-7-20(22)25)14-18-12-17(13-31)10-11-23(18)30;/h2-12,15-16H,13-14,31H2,1H3,(H,32,35,36);1H. The monoisotopic (exact) mass is 574 g/mol. The first-order valence-electron chi connectivity index (χ1n) is 11.7. The average Bonchev–Trinajstić information content (AvgIpc) is 3.51. The molecule has 0 saturated carbocycles. The number of carbonyl (C=O) groups is 2. The number of nitrogens with one attached hydrogen (secondary N) is 1. The van der Waals surface area contributed by atoms with Gasteiger partial charge in [0.1, 0.15) is 0 Å². The largest absolute Gasteiger partial charge is 0.350 e. The van der Waals surface area contributed by atoms with E-state index < -0.39 is 0 Å². The third-order valence-electron chi connectivity index (χ3n) is 6.84. The molecule has 0 radical (unpaired) electrons. The number of amides is 2. The minimum Gasteiger partial charge on any atom is -0.350 e. The summed E-state index contributed by atoms with van der Waals surface area (Å²) in [5, 5.41) is 4.40. The summed E-state index contributed by atoms with van der Waals surface area (Å²) < 4.78 is 5.09. The highest BCUT2D eigenvalue weighted by atomic mass is 79.9. The lowest BCUT2D eigenvalue weighted by Gasteiger charge is -2.09. The molecular weight excluding hydrogens is 552 g/mol. The molecule has 0 saturated heterocycles. The number of benzene rings is 3. The molecule has 3 aromatic carbocycles. The molecule has 0 fully saturated rings. The molecule has 0 atom stereocenters. The van der Waals surface area contributed by atoms with E-state index in [2.05, 4.69) is 31.9 Å². The number of aromatic nitrogens is 2. The highest BCUT2D eigenvalue weighted by molar-refractivity contribution is 9.10. The minimum absolute atomic E-state index is 0. The smallest absolute Gasteiger partial charge is 0.259 e. The molecule has 0 aliphatic carbocycles. The van der Waals surface area contributed by atoms with Crippen LogP contribution in [-0.2, 0) is 29.7 Å². The van der Waals surface area contributed by atoms with Crippen molar-refractivity contribution in [2.24, 2.45) is 12.8 Å². The van der Waals surface area contributed by atoms with Gasteiger partial charge in [-0.05, 0) is 29.3 Å². The molecule has 37 heavy (non-hydrogen) atoms. The van der Waals surface area contributed by atoms with Gasteiger partial charge in [-0.2, -0.15) is 0 Å². The second-order valence-corrected chi connectivity index (χ2v) is 9.88. The number of rotatable bonds is 5. The lowest BCUT2D eigenvalue weighted by Crippen LogP contribution is -2.22. The van der Waals surface area contributed by atoms with Crippen LogP contribution >= 0.6 is 28.3 Å². The first-order valence-corrected chi connectivity index (χ1v) is 12.5. The van der Waals surface area contributed by atoms with Gasteiger partial charge < -0.3 is 14.9 Å². The molecule has 6 nitrogen and oxygen atoms in total. The SMILES string of the molecule is Cl.Cn1cc(C2=C(c3cn(Cc4cc(CN)ccc4Br)c4ccccc34)C(=O)NC2=O)c2ccccc21. The summed E-state index contributed by atoms with van der Waals surface area (Å²) in [6.45, 7) is 1.04. The number of nitrogens with zero attached hydrogens (tertiary/aromatic N) is 2. The number of hydrogen-bond donors (Lipinski definition) is 2. The number of para-hydroxylation sites is 2. The molecule has 0 bridgehead atoms. The first-order chi connectivity index (χ1) is 17.5. The molecule has 2 aromatic heterocycles. The molecule has 1 aliphatic rings. The lowest BCUT2D eigenvalue weighted by molar-refractivity contribution is -0.122. The number of aryl methyl sites for hydroxylation is 1. The summed E-state index contributed by atoms with van der Waals surface area (Å²) in [5.74, 6) is -0.751. The zero-order chi connectivity index (χ0) is 25.0. The fourth-order valence-corrected chi connectivity index (χ4v) is 5.52. The Morgan fingerprint density at radius 3 is 2.11 bits per heavy atom. The van der Waals surface area contributed by atoms with Crippen LogP contribution in [0.25, 0.3) is 33.0 Å². The van der Waals surface area contributed by atoms with E-state index in [1.807, 2.05) is 84.7 Å². The van der Waals surface area contributed by atoms with Crippen molar-refractivity contribution in [3.8, 4) is 0 Å². The average molecular weight is 576 g/mol. The maximum Gasteiger partial charge on any atom is 0.259 e. The van der Waals surface area contributed by atoms with Gasteiger partial charge in [-0.15, -0.1) is 12.4 Å². The summed E-state index contributed by atoms with van der Waals surface area (Å²) in [6.07, 6.45) is 3.90. The predicted molar refractivity (Wildman–Crippen MR) is 153 cm³/mol. The van der Waals surface area contributed by atoms with Crippen molar-refractivity contribution in [2.45, 2.75) is 13.1 Å². The summed E-state index contributed by atoms with van der Waals surface area (Å²) in [7, 11) is 1.94. The fraction of sp³-hybridized carbons (Fsp3) is 0.103. The van der Waals surface area contributed by atoms with E-state index >= 15 is 0 Å². The highest BCUT2D eigenvalue weighted by Gasteiger charge is 2.35. The van der Waals surface area contributed by atoms with Crippen molar-refractivity contribution in [1.29, 1.82) is 0 Å². The maximum absolute atomic E-state index is 13.2. The second kappa shape index (κ2) is 9.67. The predicted octanol–water partition coefficient (Wildman–Crippen LogP) is 5.39. The van der Waals surface area contributed by atoms with Crippen molar-refractivity contribution in [3.63, 3.8) is 0 Å². The molecule has 6 rings (SSSR count). The van der Waals surface area contributed by atoms with Gasteiger partial charge in [0.05, 0.1) is 11.1 Å². The zero-order valence-corrected chi connectivity index (χ0v) is 22.4. The van der Waals surface area contributed by atoms with Gasteiger partial charge in [0.25, 0.3) is 11.8 Å². The Bertz CT molecular complexity index is 1750. The maximum atomic E-state index is 13.2. The number of carbonyl (C=O) groups excluding carboxylic acids is 2. The summed E-state index contributed by atoms with van der Waals surface area (Å²) in [5.41, 5.74) is 12.3. The van der Waals surface area contributed by atoms with Crippen LogP contribution in [0, 0.1) is 0 Å². The molecule has 2 amide bonds. The van der Waals surface area contributed by atoms with Crippen LogP contribution < -0.4 is 11.1 Å². The Labute approximate surface area is 228 Å². The van der Waals surface area contributed by atoms with Crippen molar-refractivity contribution in [2.75, 3.05) is 0 Å². The van der Waals surface area contributed by atoms with E-state index in [1.54, 1.807) is 0 Å². The molecule has 3 heterocycles. The topological polar surface area (TPSA) is 82.0 Å². The van der Waals surface area contributed by atoms with E-state index in [-0.39, 0.29) is 24.2 Å². The van der Waals surface area contributed by atoms with Crippen molar-refractivity contribution >= 4 is 73.1 Å². The Kier molecular flexibility index (Phi) is 6.54. The van der Waals surface area contributed by atoms with Gasteiger partial charge >= 0.3 is 0 Å². The van der Waals surface area contributed by atoms with E-state index in [0.29, 0.717) is 24.2 Å². The van der Waals surface area contributed by atoms with Crippen LogP contribution in [0.15, 0.2) is 83.6 Å². The normalized spacial score (nSPS) is 13.5. The first kappa shape index (κ1) is 25.0. The molecule has 3 N–H and O–H groups in total. The van der Waals surface area contributed by atoms with Crippen LogP contribution in [0.1, 0.15) is 22.3 Å². The third kappa shape index (κ3) is 4.09. The van der Waals surface area contributed by atoms with Gasteiger partial charge in [0, 0.05) is 69.9 Å². The number of halogens is 2. The molecule has 1 aliphatic heterocycles. The Balaban J connectivity index is 0.00000280. The van der Waals surface area contributed by atoms with E-state index in [9.17, 15) is 9.59 Å². The summed E-state index contributed by atoms with van der Waals surface area (Å²) in [6, 6.07) is 22.0. The molecular formula is C29H24BrClN4O2. The number of fused-ring (bicyclic) bond motifs is 2. The van der Waals surface area contributed by atoms with Crippen LogP contribution in [-0.4, -0.2) is 20.9 Å². The lowest BCUT2D eigenvalue weighted by atomic mass is 9.95. The van der Waals surface area contributed by atoms with E-state index in [4.69, 9.17) is 5.73 Å². The van der Waals surface area contributed by atoms with E-state index in [1.165, 1.54) is 0 Å². The Morgan fingerprint density at radius 1 is 0.838 bits per heavy atom. The van der Waals surface area contributed by atoms with Crippen LogP contribution in [0.5, 0.6) is 0 Å².